The van der Waals surface area contributed by atoms with Gasteiger partial charge in [0, 0.05) is 10.6 Å². The molecule has 0 aliphatic rings. The molecule has 0 spiro atoms. The Morgan fingerprint density at radius 3 is 2.33 bits per heavy atom. The van der Waals surface area contributed by atoms with Crippen molar-refractivity contribution in [3.63, 3.8) is 0 Å². The molecule has 0 atom stereocenters. The van der Waals surface area contributed by atoms with Gasteiger partial charge in [-0.05, 0) is 37.3 Å². The number of hydrogen-bond acceptors (Lipinski definition) is 3. The number of rotatable bonds is 3. The summed E-state index contributed by atoms with van der Waals surface area (Å²) in [6.45, 7) is 1.91. The van der Waals surface area contributed by atoms with Crippen molar-refractivity contribution in [2.75, 3.05) is 4.72 Å². The van der Waals surface area contributed by atoms with Crippen LogP contribution in [0.25, 0.3) is 0 Å². The van der Waals surface area contributed by atoms with Crippen LogP contribution in [-0.2, 0) is 10.0 Å². The van der Waals surface area contributed by atoms with Crippen molar-refractivity contribution in [3.05, 3.63) is 54.1 Å². The second-order valence-corrected chi connectivity index (χ2v) is 6.17. The Balaban J connectivity index is 2.30. The van der Waals surface area contributed by atoms with Gasteiger partial charge >= 0.3 is 0 Å². The quantitative estimate of drug-likeness (QED) is 0.848. The Hall–Kier alpha value is -1.46. The molecule has 2 aromatic carbocycles. The smallest absolute Gasteiger partial charge is 0.261 e. The van der Waals surface area contributed by atoms with E-state index in [1.165, 1.54) is 0 Å². The van der Waals surface area contributed by atoms with Gasteiger partial charge in [0.1, 0.15) is 0 Å². The topological polar surface area (TPSA) is 46.2 Å². The van der Waals surface area contributed by atoms with Gasteiger partial charge in [-0.2, -0.15) is 0 Å². The molecule has 0 saturated heterocycles. The molecule has 0 bridgehead atoms. The van der Waals surface area contributed by atoms with Gasteiger partial charge in [0.15, 0.2) is 0 Å². The summed E-state index contributed by atoms with van der Waals surface area (Å²) in [4.78, 5) is 0.955. The molecule has 0 saturated carbocycles. The highest BCUT2D eigenvalue weighted by Gasteiger charge is 2.13. The highest BCUT2D eigenvalue weighted by atomic mass is 32.2. The van der Waals surface area contributed by atoms with E-state index >= 15 is 0 Å². The lowest BCUT2D eigenvalue weighted by molar-refractivity contribution is 0.601. The lowest BCUT2D eigenvalue weighted by atomic mass is 10.2. The number of hydrogen-bond donors (Lipinski definition) is 2. The first kappa shape index (κ1) is 13.0. The predicted molar refractivity (Wildman–Crippen MR) is 75.7 cm³/mol. The van der Waals surface area contributed by atoms with Crippen LogP contribution in [0.5, 0.6) is 0 Å². The van der Waals surface area contributed by atoms with Crippen LogP contribution in [0.3, 0.4) is 0 Å². The van der Waals surface area contributed by atoms with Gasteiger partial charge in [0.25, 0.3) is 10.0 Å². The molecule has 0 heterocycles. The first-order valence-corrected chi connectivity index (χ1v) is 7.29. The molecule has 18 heavy (non-hydrogen) atoms. The fraction of sp³-hybridized carbons (Fsp3) is 0.0769. The van der Waals surface area contributed by atoms with Crippen LogP contribution in [0.1, 0.15) is 5.56 Å². The van der Waals surface area contributed by atoms with Crippen LogP contribution in [0.2, 0.25) is 0 Å². The first-order valence-electron chi connectivity index (χ1n) is 5.36. The molecule has 0 aliphatic heterocycles. The van der Waals surface area contributed by atoms with Gasteiger partial charge in [0.05, 0.1) is 4.90 Å². The summed E-state index contributed by atoms with van der Waals surface area (Å²) in [5.74, 6) is 0. The van der Waals surface area contributed by atoms with Gasteiger partial charge in [-0.1, -0.05) is 23.8 Å². The van der Waals surface area contributed by atoms with Gasteiger partial charge in [-0.15, -0.1) is 12.6 Å². The maximum Gasteiger partial charge on any atom is 0.261 e. The van der Waals surface area contributed by atoms with E-state index in [2.05, 4.69) is 17.4 Å². The first-order chi connectivity index (χ1) is 8.47. The summed E-state index contributed by atoms with van der Waals surface area (Å²) in [7, 11) is -3.53. The van der Waals surface area contributed by atoms with Gasteiger partial charge in [-0.3, -0.25) is 4.72 Å². The molecule has 0 aliphatic carbocycles. The second-order valence-electron chi connectivity index (χ2n) is 3.97. The van der Waals surface area contributed by atoms with Crippen molar-refractivity contribution in [3.8, 4) is 0 Å². The fourth-order valence-electron chi connectivity index (χ4n) is 1.50. The number of nitrogens with one attached hydrogen (secondary N) is 1. The molecule has 0 radical (unpaired) electrons. The number of anilines is 1. The van der Waals surface area contributed by atoms with Crippen LogP contribution in [0.15, 0.2) is 58.3 Å². The Morgan fingerprint density at radius 1 is 1.06 bits per heavy atom. The van der Waals surface area contributed by atoms with E-state index in [1.807, 2.05) is 6.92 Å². The molecule has 94 valence electrons. The van der Waals surface area contributed by atoms with Crippen LogP contribution in [0, 0.1) is 6.92 Å². The highest BCUT2D eigenvalue weighted by Crippen LogP contribution is 2.18. The third kappa shape index (κ3) is 3.05. The maximum absolute atomic E-state index is 12.1. The van der Waals surface area contributed by atoms with E-state index in [-0.39, 0.29) is 4.90 Å². The fourth-order valence-corrected chi connectivity index (χ4v) is 2.78. The van der Waals surface area contributed by atoms with Gasteiger partial charge < -0.3 is 0 Å². The van der Waals surface area contributed by atoms with Crippen LogP contribution < -0.4 is 4.72 Å². The summed E-state index contributed by atoms with van der Waals surface area (Å²) in [5, 5.41) is 0. The highest BCUT2D eigenvalue weighted by molar-refractivity contribution is 7.92. The van der Waals surface area contributed by atoms with Crippen molar-refractivity contribution >= 4 is 28.3 Å². The normalized spacial score (nSPS) is 11.2. The van der Waals surface area contributed by atoms with Crippen molar-refractivity contribution in [1.82, 2.24) is 0 Å². The molecule has 2 rings (SSSR count). The zero-order valence-corrected chi connectivity index (χ0v) is 11.5. The molecule has 3 nitrogen and oxygen atoms in total. The van der Waals surface area contributed by atoms with Crippen LogP contribution in [-0.4, -0.2) is 8.42 Å². The maximum atomic E-state index is 12.1. The van der Waals surface area contributed by atoms with E-state index < -0.39 is 10.0 Å². The van der Waals surface area contributed by atoms with Crippen molar-refractivity contribution in [1.29, 1.82) is 0 Å². The summed E-state index contributed by atoms with van der Waals surface area (Å²) in [5.41, 5.74) is 1.52. The summed E-state index contributed by atoms with van der Waals surface area (Å²) in [6.07, 6.45) is 0. The number of benzene rings is 2. The van der Waals surface area contributed by atoms with Gasteiger partial charge in [-0.25, -0.2) is 8.42 Å². The minimum absolute atomic E-state index is 0.248. The van der Waals surface area contributed by atoms with E-state index in [0.29, 0.717) is 10.6 Å². The zero-order valence-electron chi connectivity index (χ0n) is 9.79. The van der Waals surface area contributed by atoms with E-state index in [4.69, 9.17) is 0 Å². The number of aryl methyl sites for hydroxylation is 1. The minimum atomic E-state index is -3.53. The molecule has 0 fully saturated rings. The summed E-state index contributed by atoms with van der Waals surface area (Å²) < 4.78 is 26.7. The lowest BCUT2D eigenvalue weighted by Crippen LogP contribution is -2.12. The third-order valence-corrected chi connectivity index (χ3v) is 4.11. The third-order valence-electron chi connectivity index (χ3n) is 2.43. The Bertz CT molecular complexity index is 649. The Labute approximate surface area is 112 Å². The van der Waals surface area contributed by atoms with Crippen LogP contribution in [0.4, 0.5) is 5.69 Å². The van der Waals surface area contributed by atoms with Crippen molar-refractivity contribution in [2.24, 2.45) is 0 Å². The molecular formula is C13H13NO2S2. The van der Waals surface area contributed by atoms with Crippen LogP contribution >= 0.6 is 12.6 Å². The molecule has 0 amide bonds. The molecule has 0 aromatic heterocycles. The summed E-state index contributed by atoms with van der Waals surface area (Å²) >= 11 is 4.17. The Kier molecular flexibility index (Phi) is 3.63. The van der Waals surface area contributed by atoms with Crippen molar-refractivity contribution < 1.29 is 8.42 Å². The molecule has 5 heteroatoms. The average molecular weight is 279 g/mol. The zero-order chi connectivity index (χ0) is 13.2. The van der Waals surface area contributed by atoms with E-state index in [9.17, 15) is 8.42 Å². The standard InChI is InChI=1S/C13H13NO2S2/c1-10-5-7-13(8-6-10)18(15,16)14-11-3-2-4-12(17)9-11/h2-9,14,17H,1H3. The van der Waals surface area contributed by atoms with Gasteiger partial charge in [0.2, 0.25) is 0 Å². The molecule has 1 N–H and O–H groups in total. The van der Waals surface area contributed by atoms with E-state index in [0.717, 1.165) is 5.56 Å². The monoisotopic (exact) mass is 279 g/mol. The molecule has 0 unspecified atom stereocenters. The molecular weight excluding hydrogens is 266 g/mol. The van der Waals surface area contributed by atoms with E-state index in [1.54, 1.807) is 48.5 Å². The van der Waals surface area contributed by atoms with Crippen molar-refractivity contribution in [2.45, 2.75) is 16.7 Å². The number of sulfonamides is 1. The predicted octanol–water partition coefficient (Wildman–Crippen LogP) is 3.08. The Morgan fingerprint density at radius 2 is 1.72 bits per heavy atom. The largest absolute Gasteiger partial charge is 0.280 e. The number of thiol groups is 1. The molecule has 2 aromatic rings. The minimum Gasteiger partial charge on any atom is -0.280 e. The SMILES string of the molecule is Cc1ccc(S(=O)(=O)Nc2cccc(S)c2)cc1. The average Bonchev–Trinajstić information content (AvgIpc) is 2.29. The second kappa shape index (κ2) is 5.04. The summed E-state index contributed by atoms with van der Waals surface area (Å²) in [6, 6.07) is 13.6. The lowest BCUT2D eigenvalue weighted by Gasteiger charge is -2.08.